The molecule has 0 N–H and O–H groups in total. The number of nitrogens with zero attached hydrogens (tertiary/aromatic N) is 2. The summed E-state index contributed by atoms with van der Waals surface area (Å²) in [6, 6.07) is 15.0. The Bertz CT molecular complexity index is 1190. The third kappa shape index (κ3) is 5.88. The van der Waals surface area contributed by atoms with E-state index in [1.807, 2.05) is 68.1 Å². The van der Waals surface area contributed by atoms with Crippen molar-refractivity contribution < 1.29 is 14.3 Å². The molecule has 0 radical (unpaired) electrons. The maximum atomic E-state index is 13.6. The number of amides is 2. The Morgan fingerprint density at radius 3 is 2.63 bits per heavy atom. The molecule has 2 amide bonds. The van der Waals surface area contributed by atoms with Crippen LogP contribution in [0.25, 0.3) is 0 Å². The number of hydrogen-bond donors (Lipinski definition) is 0. The molecule has 0 saturated heterocycles. The van der Waals surface area contributed by atoms with Gasteiger partial charge in [-0.3, -0.25) is 9.59 Å². The van der Waals surface area contributed by atoms with Crippen molar-refractivity contribution in [3.05, 3.63) is 86.1 Å². The Morgan fingerprint density at radius 1 is 1.14 bits per heavy atom. The molecule has 2 aromatic carbocycles. The molecule has 0 bridgehead atoms. The van der Waals surface area contributed by atoms with Crippen LogP contribution in [0.2, 0.25) is 5.02 Å². The normalized spacial score (nSPS) is 15.0. The predicted octanol–water partition coefficient (Wildman–Crippen LogP) is 6.08. The topological polar surface area (TPSA) is 49.9 Å². The van der Waals surface area contributed by atoms with Crippen LogP contribution in [0, 0.1) is 13.8 Å². The number of rotatable bonds is 8. The Kier molecular flexibility index (Phi) is 8.14. The van der Waals surface area contributed by atoms with Crippen LogP contribution < -0.4 is 4.74 Å². The summed E-state index contributed by atoms with van der Waals surface area (Å²) in [6.45, 7) is 7.48. The van der Waals surface area contributed by atoms with E-state index in [4.69, 9.17) is 16.3 Å². The van der Waals surface area contributed by atoms with Gasteiger partial charge in [0.1, 0.15) is 18.9 Å². The van der Waals surface area contributed by atoms with Crippen LogP contribution in [0.5, 0.6) is 5.75 Å². The average Bonchev–Trinajstić information content (AvgIpc) is 3.33. The number of hydrogen-bond acceptors (Lipinski definition) is 4. The number of fused-ring (bicyclic) bond motifs is 1. The summed E-state index contributed by atoms with van der Waals surface area (Å²) in [5, 5.41) is 2.77. The summed E-state index contributed by atoms with van der Waals surface area (Å²) in [5.74, 6) is 0.554. The molecule has 1 atom stereocenters. The fourth-order valence-corrected chi connectivity index (χ4v) is 5.46. The van der Waals surface area contributed by atoms with Crippen molar-refractivity contribution in [3.8, 4) is 5.75 Å². The summed E-state index contributed by atoms with van der Waals surface area (Å²) in [4.78, 5) is 31.6. The molecule has 1 aliphatic rings. The Hall–Kier alpha value is -2.83. The summed E-state index contributed by atoms with van der Waals surface area (Å²) in [6.07, 6.45) is 1.59. The van der Waals surface area contributed by atoms with E-state index in [-0.39, 0.29) is 24.4 Å². The van der Waals surface area contributed by atoms with Gasteiger partial charge in [0, 0.05) is 28.6 Å². The van der Waals surface area contributed by atoms with Gasteiger partial charge in [-0.05, 0) is 79.6 Å². The fraction of sp³-hybridized carbons (Fsp3) is 0.357. The van der Waals surface area contributed by atoms with Gasteiger partial charge in [-0.2, -0.15) is 0 Å². The second-order valence-electron chi connectivity index (χ2n) is 8.97. The third-order valence-corrected chi connectivity index (χ3v) is 7.78. The van der Waals surface area contributed by atoms with E-state index < -0.39 is 0 Å². The van der Waals surface area contributed by atoms with Crippen LogP contribution in [-0.2, 0) is 11.2 Å². The minimum atomic E-state index is -0.202. The molecule has 4 rings (SSSR count). The number of halogens is 1. The van der Waals surface area contributed by atoms with Gasteiger partial charge in [0.2, 0.25) is 5.91 Å². The van der Waals surface area contributed by atoms with Crippen molar-refractivity contribution in [2.75, 3.05) is 26.2 Å². The quantitative estimate of drug-likeness (QED) is 0.369. The predicted molar refractivity (Wildman–Crippen MR) is 142 cm³/mol. The lowest BCUT2D eigenvalue weighted by atomic mass is 10.00. The minimum absolute atomic E-state index is 0.0522. The molecule has 0 aliphatic carbocycles. The van der Waals surface area contributed by atoms with Crippen molar-refractivity contribution in [2.45, 2.75) is 39.7 Å². The van der Waals surface area contributed by atoms with Crippen LogP contribution in [0.3, 0.4) is 0 Å². The number of ether oxygens (including phenoxy) is 1. The molecule has 5 nitrogen and oxygen atoms in total. The second-order valence-corrected chi connectivity index (χ2v) is 10.4. The molecular weight excluding hydrogens is 480 g/mol. The van der Waals surface area contributed by atoms with Gasteiger partial charge >= 0.3 is 0 Å². The molecule has 7 heteroatoms. The SMILES string of the molecule is CCCN(CC(=O)N1CCc2sccc2C1COc1ccc(Cl)c(C)c1)C(=O)c1ccc(C)cc1. The van der Waals surface area contributed by atoms with E-state index in [1.54, 1.807) is 16.2 Å². The highest BCUT2D eigenvalue weighted by Gasteiger charge is 2.33. The second kappa shape index (κ2) is 11.3. The first-order valence-corrected chi connectivity index (χ1v) is 13.2. The van der Waals surface area contributed by atoms with Crippen LogP contribution in [0.15, 0.2) is 53.9 Å². The summed E-state index contributed by atoms with van der Waals surface area (Å²) >= 11 is 7.88. The van der Waals surface area contributed by atoms with Crippen molar-refractivity contribution in [1.29, 1.82) is 0 Å². The number of aryl methyl sites for hydroxylation is 2. The molecular formula is C28H31ClN2O3S. The smallest absolute Gasteiger partial charge is 0.254 e. The van der Waals surface area contributed by atoms with Crippen molar-refractivity contribution in [1.82, 2.24) is 9.80 Å². The average molecular weight is 511 g/mol. The minimum Gasteiger partial charge on any atom is -0.491 e. The zero-order valence-electron chi connectivity index (χ0n) is 20.4. The van der Waals surface area contributed by atoms with Gasteiger partial charge < -0.3 is 14.5 Å². The van der Waals surface area contributed by atoms with E-state index in [1.165, 1.54) is 4.88 Å². The molecule has 1 unspecified atom stereocenters. The van der Waals surface area contributed by atoms with E-state index in [9.17, 15) is 9.59 Å². The zero-order chi connectivity index (χ0) is 24.9. The van der Waals surface area contributed by atoms with Crippen molar-refractivity contribution >= 4 is 34.8 Å². The summed E-state index contributed by atoms with van der Waals surface area (Å²) in [7, 11) is 0. The van der Waals surface area contributed by atoms with Gasteiger partial charge in [-0.15, -0.1) is 11.3 Å². The number of carbonyl (C=O) groups excluding carboxylic acids is 2. The molecule has 2 heterocycles. The van der Waals surface area contributed by atoms with E-state index in [0.717, 1.165) is 35.3 Å². The van der Waals surface area contributed by atoms with E-state index in [0.29, 0.717) is 30.3 Å². The Labute approximate surface area is 216 Å². The first-order valence-electron chi connectivity index (χ1n) is 12.0. The first kappa shape index (κ1) is 25.3. The van der Waals surface area contributed by atoms with Gasteiger partial charge in [-0.25, -0.2) is 0 Å². The largest absolute Gasteiger partial charge is 0.491 e. The molecule has 1 aliphatic heterocycles. The highest BCUT2D eigenvalue weighted by molar-refractivity contribution is 7.10. The summed E-state index contributed by atoms with van der Waals surface area (Å²) in [5.41, 5.74) is 3.78. The van der Waals surface area contributed by atoms with Gasteiger partial charge in [-0.1, -0.05) is 36.2 Å². The molecule has 184 valence electrons. The maximum absolute atomic E-state index is 13.6. The highest BCUT2D eigenvalue weighted by atomic mass is 35.5. The van der Waals surface area contributed by atoms with E-state index >= 15 is 0 Å². The Morgan fingerprint density at radius 2 is 1.91 bits per heavy atom. The van der Waals surface area contributed by atoms with Gasteiger partial charge in [0.15, 0.2) is 0 Å². The summed E-state index contributed by atoms with van der Waals surface area (Å²) < 4.78 is 6.14. The third-order valence-electron chi connectivity index (χ3n) is 6.36. The molecule has 0 spiro atoms. The van der Waals surface area contributed by atoms with Crippen molar-refractivity contribution in [3.63, 3.8) is 0 Å². The molecule has 0 saturated carbocycles. The van der Waals surface area contributed by atoms with Gasteiger partial charge in [0.05, 0.1) is 6.04 Å². The standard InChI is InChI=1S/C28H31ClN2O3S/c1-4-13-30(28(33)21-7-5-19(2)6-8-21)17-27(32)31-14-11-26-23(12-15-35-26)25(31)18-34-22-9-10-24(29)20(3)16-22/h5-10,12,15-16,25H,4,11,13-14,17-18H2,1-3H3. The lowest BCUT2D eigenvalue weighted by molar-refractivity contribution is -0.135. The van der Waals surface area contributed by atoms with Crippen LogP contribution >= 0.6 is 22.9 Å². The monoisotopic (exact) mass is 510 g/mol. The number of thiophene rings is 1. The van der Waals surface area contributed by atoms with Crippen molar-refractivity contribution in [2.24, 2.45) is 0 Å². The van der Waals surface area contributed by atoms with E-state index in [2.05, 4.69) is 11.4 Å². The molecule has 1 aromatic heterocycles. The zero-order valence-corrected chi connectivity index (χ0v) is 22.0. The molecule has 0 fully saturated rings. The molecule has 3 aromatic rings. The van der Waals surface area contributed by atoms with Crippen LogP contribution in [0.4, 0.5) is 0 Å². The van der Waals surface area contributed by atoms with Crippen LogP contribution in [0.1, 0.15) is 51.3 Å². The number of benzene rings is 2. The van der Waals surface area contributed by atoms with Gasteiger partial charge in [0.25, 0.3) is 5.91 Å². The van der Waals surface area contributed by atoms with Crippen LogP contribution in [-0.4, -0.2) is 47.9 Å². The fourth-order valence-electron chi connectivity index (χ4n) is 4.41. The lowest BCUT2D eigenvalue weighted by Gasteiger charge is -2.37. The first-order chi connectivity index (χ1) is 16.9. The molecule has 35 heavy (non-hydrogen) atoms. The maximum Gasteiger partial charge on any atom is 0.254 e. The lowest BCUT2D eigenvalue weighted by Crippen LogP contribution is -2.48. The highest BCUT2D eigenvalue weighted by Crippen LogP contribution is 2.34. The Balaban J connectivity index is 1.52. The number of carbonyl (C=O) groups is 2.